The molecule has 0 atom stereocenters. The molecule has 7 heteroatoms. The van der Waals surface area contributed by atoms with Crippen LogP contribution in [0, 0.1) is 0 Å². The van der Waals surface area contributed by atoms with Crippen LogP contribution in [0.15, 0.2) is 82.0 Å². The van der Waals surface area contributed by atoms with Crippen LogP contribution >= 0.6 is 0 Å². The standard InChI is InChI=1S/C29H30N2O5/c1-30-12-14-31(15-13-30)16-17-34-28-26(35-20-21-8-4-2-5-9-21)19-24(33)27-23(32)18-25(36-29(27)28)22-10-6-3-7-11-22/h2-11,18-19,33H,12-17,20H2,1H3. The molecule has 1 aliphatic rings. The van der Waals surface area contributed by atoms with Crippen LogP contribution in [-0.4, -0.2) is 61.3 Å². The Balaban J connectivity index is 1.51. The van der Waals surface area contributed by atoms with Gasteiger partial charge in [-0.2, -0.15) is 0 Å². The Morgan fingerprint density at radius 3 is 2.33 bits per heavy atom. The molecule has 0 unspecified atom stereocenters. The van der Waals surface area contributed by atoms with Gasteiger partial charge in [-0.15, -0.1) is 0 Å². The fourth-order valence-electron chi connectivity index (χ4n) is 4.34. The van der Waals surface area contributed by atoms with E-state index >= 15 is 0 Å². The summed E-state index contributed by atoms with van der Waals surface area (Å²) in [5.74, 6) is 0.850. The Morgan fingerprint density at radius 2 is 1.61 bits per heavy atom. The van der Waals surface area contributed by atoms with E-state index in [2.05, 4.69) is 16.8 Å². The van der Waals surface area contributed by atoms with Gasteiger partial charge in [-0.05, 0) is 12.6 Å². The molecule has 3 aromatic carbocycles. The lowest BCUT2D eigenvalue weighted by atomic mass is 10.1. The lowest BCUT2D eigenvalue weighted by molar-refractivity contribution is 0.132. The van der Waals surface area contributed by atoms with Crippen LogP contribution in [0.4, 0.5) is 0 Å². The number of rotatable bonds is 8. The van der Waals surface area contributed by atoms with Crippen LogP contribution in [-0.2, 0) is 6.61 Å². The van der Waals surface area contributed by atoms with Gasteiger partial charge in [0, 0.05) is 50.4 Å². The van der Waals surface area contributed by atoms with Crippen LogP contribution < -0.4 is 14.9 Å². The zero-order valence-corrected chi connectivity index (χ0v) is 20.4. The molecule has 1 N–H and O–H groups in total. The van der Waals surface area contributed by atoms with Crippen LogP contribution in [0.5, 0.6) is 17.2 Å². The maximum Gasteiger partial charge on any atom is 0.205 e. The molecule has 0 spiro atoms. The van der Waals surface area contributed by atoms with E-state index in [1.807, 2.05) is 60.7 Å². The minimum Gasteiger partial charge on any atom is -0.507 e. The van der Waals surface area contributed by atoms with Gasteiger partial charge in [-0.1, -0.05) is 60.7 Å². The summed E-state index contributed by atoms with van der Waals surface area (Å²) in [6, 6.07) is 22.0. The summed E-state index contributed by atoms with van der Waals surface area (Å²) in [5, 5.41) is 10.8. The van der Waals surface area contributed by atoms with Crippen molar-refractivity contribution >= 4 is 11.0 Å². The van der Waals surface area contributed by atoms with Crippen molar-refractivity contribution in [3.05, 3.63) is 88.6 Å². The summed E-state index contributed by atoms with van der Waals surface area (Å²) in [4.78, 5) is 17.7. The molecule has 0 bridgehead atoms. The predicted molar refractivity (Wildman–Crippen MR) is 140 cm³/mol. The number of ether oxygens (including phenoxy) is 2. The van der Waals surface area contributed by atoms with Gasteiger partial charge in [-0.3, -0.25) is 9.69 Å². The molecule has 0 radical (unpaired) electrons. The van der Waals surface area contributed by atoms with Crippen molar-refractivity contribution in [2.45, 2.75) is 6.61 Å². The van der Waals surface area contributed by atoms with E-state index in [0.717, 1.165) is 43.9 Å². The number of hydrogen-bond acceptors (Lipinski definition) is 7. The van der Waals surface area contributed by atoms with Gasteiger partial charge < -0.3 is 23.9 Å². The number of aromatic hydroxyl groups is 1. The Bertz CT molecular complexity index is 1360. The maximum absolute atomic E-state index is 13.1. The minimum atomic E-state index is -0.342. The second-order valence-corrected chi connectivity index (χ2v) is 9.04. The smallest absolute Gasteiger partial charge is 0.205 e. The van der Waals surface area contributed by atoms with E-state index in [1.54, 1.807) is 0 Å². The first-order valence-corrected chi connectivity index (χ1v) is 12.2. The van der Waals surface area contributed by atoms with Crippen molar-refractivity contribution in [1.82, 2.24) is 9.80 Å². The van der Waals surface area contributed by atoms with Crippen molar-refractivity contribution in [2.24, 2.45) is 0 Å². The van der Waals surface area contributed by atoms with Gasteiger partial charge in [-0.25, -0.2) is 0 Å². The fraction of sp³-hybridized carbons (Fsp3) is 0.276. The number of fused-ring (bicyclic) bond motifs is 1. The number of nitrogens with zero attached hydrogens (tertiary/aromatic N) is 2. The Hall–Kier alpha value is -3.81. The third-order valence-corrected chi connectivity index (χ3v) is 6.45. The summed E-state index contributed by atoms with van der Waals surface area (Å²) in [5.41, 5.74) is 1.57. The summed E-state index contributed by atoms with van der Waals surface area (Å²) in [7, 11) is 2.12. The molecule has 0 amide bonds. The van der Waals surface area contributed by atoms with E-state index in [1.165, 1.54) is 12.1 Å². The molecule has 0 aliphatic carbocycles. The van der Waals surface area contributed by atoms with E-state index < -0.39 is 0 Å². The molecule has 0 saturated carbocycles. The first-order valence-electron chi connectivity index (χ1n) is 12.2. The predicted octanol–water partition coefficient (Wildman–Crippen LogP) is 4.37. The zero-order chi connectivity index (χ0) is 24.9. The van der Waals surface area contributed by atoms with Crippen LogP contribution in [0.25, 0.3) is 22.3 Å². The van der Waals surface area contributed by atoms with Crippen molar-refractivity contribution < 1.29 is 19.0 Å². The first-order chi connectivity index (χ1) is 17.6. The zero-order valence-electron chi connectivity index (χ0n) is 20.4. The molecular weight excluding hydrogens is 456 g/mol. The average molecular weight is 487 g/mol. The summed E-state index contributed by atoms with van der Waals surface area (Å²) < 4.78 is 18.5. The minimum absolute atomic E-state index is 0.0799. The van der Waals surface area contributed by atoms with Gasteiger partial charge >= 0.3 is 0 Å². The highest BCUT2D eigenvalue weighted by molar-refractivity contribution is 5.91. The normalized spacial score (nSPS) is 14.7. The molecule has 4 aromatic rings. The average Bonchev–Trinajstić information content (AvgIpc) is 2.90. The van der Waals surface area contributed by atoms with Gasteiger partial charge in [0.2, 0.25) is 5.75 Å². The molecular formula is C29H30N2O5. The molecule has 36 heavy (non-hydrogen) atoms. The van der Waals surface area contributed by atoms with E-state index in [4.69, 9.17) is 13.9 Å². The quantitative estimate of drug-likeness (QED) is 0.396. The lowest BCUT2D eigenvalue weighted by Gasteiger charge is -2.32. The molecule has 1 aromatic heterocycles. The number of piperazine rings is 1. The highest BCUT2D eigenvalue weighted by atomic mass is 16.5. The molecule has 186 valence electrons. The largest absolute Gasteiger partial charge is 0.507 e. The Morgan fingerprint density at radius 1 is 0.917 bits per heavy atom. The first kappa shape index (κ1) is 23.9. The molecule has 5 rings (SSSR count). The summed E-state index contributed by atoms with van der Waals surface area (Å²) in [6.07, 6.45) is 0. The molecule has 2 heterocycles. The van der Waals surface area contributed by atoms with E-state index in [0.29, 0.717) is 23.9 Å². The Kier molecular flexibility index (Phi) is 7.21. The number of phenols is 1. The van der Waals surface area contributed by atoms with E-state index in [9.17, 15) is 9.90 Å². The fourth-order valence-corrected chi connectivity index (χ4v) is 4.34. The van der Waals surface area contributed by atoms with Crippen molar-refractivity contribution in [2.75, 3.05) is 46.4 Å². The number of phenolic OH excluding ortho intramolecular Hbond substituents is 1. The van der Waals surface area contributed by atoms with Crippen LogP contribution in [0.3, 0.4) is 0 Å². The lowest BCUT2D eigenvalue weighted by Crippen LogP contribution is -2.45. The molecule has 1 saturated heterocycles. The number of likely N-dealkylation sites (N-methyl/N-ethyl adjacent to an activating group) is 1. The Labute approximate surface area is 210 Å². The molecule has 1 fully saturated rings. The van der Waals surface area contributed by atoms with Gasteiger partial charge in [0.05, 0.1) is 0 Å². The monoisotopic (exact) mass is 486 g/mol. The third kappa shape index (κ3) is 5.37. The van der Waals surface area contributed by atoms with Gasteiger partial charge in [0.1, 0.15) is 30.1 Å². The second-order valence-electron chi connectivity index (χ2n) is 9.04. The van der Waals surface area contributed by atoms with Gasteiger partial charge in [0.25, 0.3) is 0 Å². The summed E-state index contributed by atoms with van der Waals surface area (Å²) >= 11 is 0. The van der Waals surface area contributed by atoms with Crippen molar-refractivity contribution in [3.63, 3.8) is 0 Å². The SMILES string of the molecule is CN1CCN(CCOc2c(OCc3ccccc3)cc(O)c3c(=O)cc(-c4ccccc4)oc23)CC1. The number of hydrogen-bond donors (Lipinski definition) is 1. The van der Waals surface area contributed by atoms with Crippen molar-refractivity contribution in [3.8, 4) is 28.6 Å². The topological polar surface area (TPSA) is 75.4 Å². The maximum atomic E-state index is 13.1. The van der Waals surface area contributed by atoms with Crippen LogP contribution in [0.2, 0.25) is 0 Å². The highest BCUT2D eigenvalue weighted by Gasteiger charge is 2.22. The second kappa shape index (κ2) is 10.8. The number of benzene rings is 3. The molecule has 1 aliphatic heterocycles. The van der Waals surface area contributed by atoms with E-state index in [-0.39, 0.29) is 28.8 Å². The van der Waals surface area contributed by atoms with Crippen LogP contribution in [0.1, 0.15) is 5.56 Å². The highest BCUT2D eigenvalue weighted by Crippen LogP contribution is 2.41. The van der Waals surface area contributed by atoms with Crippen molar-refractivity contribution in [1.29, 1.82) is 0 Å². The molecule has 7 nitrogen and oxygen atoms in total. The third-order valence-electron chi connectivity index (χ3n) is 6.45. The summed E-state index contributed by atoms with van der Waals surface area (Å²) in [6.45, 7) is 5.39. The van der Waals surface area contributed by atoms with Gasteiger partial charge in [0.15, 0.2) is 16.8 Å².